The fraction of sp³-hybridized carbons (Fsp3) is 0.250. The van der Waals surface area contributed by atoms with Crippen molar-refractivity contribution >= 4 is 47.8 Å². The van der Waals surface area contributed by atoms with Crippen molar-refractivity contribution in [2.24, 2.45) is 0 Å². The summed E-state index contributed by atoms with van der Waals surface area (Å²) in [6.45, 7) is 6.48. The molecule has 2 rings (SSSR count). The first-order valence-electron chi connectivity index (χ1n) is 6.07. The SMILES string of the molecule is Cc1cc(C)c(C(Br)c2ccc(Br)cc2)c(C)c1Br. The van der Waals surface area contributed by atoms with Crippen LogP contribution in [0, 0.1) is 20.8 Å². The summed E-state index contributed by atoms with van der Waals surface area (Å²) in [4.78, 5) is 0.220. The summed E-state index contributed by atoms with van der Waals surface area (Å²) in [7, 11) is 0. The summed E-state index contributed by atoms with van der Waals surface area (Å²) >= 11 is 11.0. The second-order valence-corrected chi connectivity index (χ2v) is 7.40. The summed E-state index contributed by atoms with van der Waals surface area (Å²) < 4.78 is 2.31. The van der Waals surface area contributed by atoms with Gasteiger partial charge in [-0.15, -0.1) is 0 Å². The highest BCUT2D eigenvalue weighted by Gasteiger charge is 2.18. The zero-order valence-electron chi connectivity index (χ0n) is 11.1. The van der Waals surface area contributed by atoms with Gasteiger partial charge in [0, 0.05) is 8.95 Å². The molecular formula is C16H15Br3. The van der Waals surface area contributed by atoms with Crippen molar-refractivity contribution in [3.63, 3.8) is 0 Å². The van der Waals surface area contributed by atoms with E-state index < -0.39 is 0 Å². The van der Waals surface area contributed by atoms with E-state index in [1.807, 2.05) is 0 Å². The molecule has 0 aliphatic rings. The maximum Gasteiger partial charge on any atom is 0.0650 e. The van der Waals surface area contributed by atoms with E-state index in [-0.39, 0.29) is 4.83 Å². The van der Waals surface area contributed by atoms with Crippen LogP contribution in [0.5, 0.6) is 0 Å². The lowest BCUT2D eigenvalue weighted by Crippen LogP contribution is -2.01. The van der Waals surface area contributed by atoms with Crippen molar-refractivity contribution in [1.29, 1.82) is 0 Å². The highest BCUT2D eigenvalue weighted by Crippen LogP contribution is 2.38. The number of alkyl halides is 1. The number of benzene rings is 2. The smallest absolute Gasteiger partial charge is 0.0650 e. The number of halogens is 3. The third-order valence-corrected chi connectivity index (χ3v) is 6.09. The molecule has 0 N–H and O–H groups in total. The van der Waals surface area contributed by atoms with E-state index >= 15 is 0 Å². The van der Waals surface area contributed by atoms with Crippen molar-refractivity contribution in [3.05, 3.63) is 67.1 Å². The Morgan fingerprint density at radius 2 is 1.47 bits per heavy atom. The van der Waals surface area contributed by atoms with Crippen molar-refractivity contribution in [3.8, 4) is 0 Å². The standard InChI is InChI=1S/C16H15Br3/c1-9-8-10(2)15(18)11(3)14(9)16(19)12-4-6-13(17)7-5-12/h4-8,16H,1-3H3. The number of hydrogen-bond donors (Lipinski definition) is 0. The molecule has 0 aliphatic heterocycles. The minimum Gasteiger partial charge on any atom is -0.0786 e. The van der Waals surface area contributed by atoms with Crippen LogP contribution < -0.4 is 0 Å². The van der Waals surface area contributed by atoms with Crippen LogP contribution in [0.25, 0.3) is 0 Å². The van der Waals surface area contributed by atoms with E-state index in [1.165, 1.54) is 32.3 Å². The molecule has 0 spiro atoms. The van der Waals surface area contributed by atoms with Crippen LogP contribution in [0.2, 0.25) is 0 Å². The lowest BCUT2D eigenvalue weighted by atomic mass is 9.94. The largest absolute Gasteiger partial charge is 0.0786 e. The highest BCUT2D eigenvalue weighted by molar-refractivity contribution is 9.11. The van der Waals surface area contributed by atoms with E-state index in [1.54, 1.807) is 0 Å². The van der Waals surface area contributed by atoms with Crippen LogP contribution in [0.4, 0.5) is 0 Å². The third kappa shape index (κ3) is 3.14. The maximum atomic E-state index is 3.84. The van der Waals surface area contributed by atoms with Gasteiger partial charge in [0.05, 0.1) is 4.83 Å². The van der Waals surface area contributed by atoms with Gasteiger partial charge in [-0.3, -0.25) is 0 Å². The van der Waals surface area contributed by atoms with Gasteiger partial charge in [-0.25, -0.2) is 0 Å². The Hall–Kier alpha value is -0.120. The molecule has 0 fully saturated rings. The molecule has 1 unspecified atom stereocenters. The highest BCUT2D eigenvalue weighted by atomic mass is 79.9. The first-order valence-corrected chi connectivity index (χ1v) is 8.57. The van der Waals surface area contributed by atoms with Crippen molar-refractivity contribution in [2.45, 2.75) is 25.6 Å². The Bertz CT molecular complexity index is 600. The Morgan fingerprint density at radius 1 is 0.895 bits per heavy atom. The molecule has 0 heterocycles. The molecule has 1 atom stereocenters. The molecule has 19 heavy (non-hydrogen) atoms. The maximum absolute atomic E-state index is 3.84. The van der Waals surface area contributed by atoms with Gasteiger partial charge in [-0.05, 0) is 60.7 Å². The lowest BCUT2D eigenvalue weighted by molar-refractivity contribution is 1.09. The fourth-order valence-electron chi connectivity index (χ4n) is 2.36. The minimum atomic E-state index is 0.220. The average Bonchev–Trinajstić information content (AvgIpc) is 2.37. The molecular weight excluding hydrogens is 432 g/mol. The van der Waals surface area contributed by atoms with Gasteiger partial charge in [0.2, 0.25) is 0 Å². The average molecular weight is 447 g/mol. The van der Waals surface area contributed by atoms with E-state index in [9.17, 15) is 0 Å². The molecule has 0 radical (unpaired) electrons. The van der Waals surface area contributed by atoms with Gasteiger partial charge in [0.15, 0.2) is 0 Å². The van der Waals surface area contributed by atoms with Gasteiger partial charge < -0.3 is 0 Å². The molecule has 0 nitrogen and oxygen atoms in total. The first-order chi connectivity index (χ1) is 8.91. The molecule has 0 amide bonds. The Labute approximate surface area is 140 Å². The van der Waals surface area contributed by atoms with Gasteiger partial charge in [-0.1, -0.05) is 66.0 Å². The second-order valence-electron chi connectivity index (χ2n) is 4.78. The number of aryl methyl sites for hydroxylation is 2. The predicted octanol–water partition coefficient (Wildman–Crippen LogP) is 6.62. The lowest BCUT2D eigenvalue weighted by Gasteiger charge is -2.19. The fourth-order valence-corrected chi connectivity index (χ4v) is 3.97. The molecule has 0 bridgehead atoms. The summed E-state index contributed by atoms with van der Waals surface area (Å²) in [5.74, 6) is 0. The summed E-state index contributed by atoms with van der Waals surface area (Å²) in [5, 5.41) is 0. The van der Waals surface area contributed by atoms with Crippen LogP contribution in [0.3, 0.4) is 0 Å². The Balaban J connectivity index is 2.53. The van der Waals surface area contributed by atoms with Gasteiger partial charge in [-0.2, -0.15) is 0 Å². The molecule has 0 aromatic heterocycles. The normalized spacial score (nSPS) is 12.5. The molecule has 0 aliphatic carbocycles. The Morgan fingerprint density at radius 3 is 2.05 bits per heavy atom. The molecule has 2 aromatic carbocycles. The van der Waals surface area contributed by atoms with Gasteiger partial charge >= 0.3 is 0 Å². The van der Waals surface area contributed by atoms with Crippen molar-refractivity contribution in [2.75, 3.05) is 0 Å². The van der Waals surface area contributed by atoms with Gasteiger partial charge in [0.1, 0.15) is 0 Å². The molecule has 100 valence electrons. The topological polar surface area (TPSA) is 0 Å². The summed E-state index contributed by atoms with van der Waals surface area (Å²) in [6.07, 6.45) is 0. The molecule has 2 aromatic rings. The van der Waals surface area contributed by atoms with Crippen LogP contribution in [0.1, 0.15) is 32.6 Å². The minimum absolute atomic E-state index is 0.220. The third-order valence-electron chi connectivity index (χ3n) is 3.35. The summed E-state index contributed by atoms with van der Waals surface area (Å²) in [6, 6.07) is 10.7. The van der Waals surface area contributed by atoms with Crippen LogP contribution in [-0.2, 0) is 0 Å². The van der Waals surface area contributed by atoms with E-state index in [0.29, 0.717) is 0 Å². The van der Waals surface area contributed by atoms with Crippen molar-refractivity contribution in [1.82, 2.24) is 0 Å². The molecule has 0 saturated heterocycles. The number of rotatable bonds is 2. The second kappa shape index (κ2) is 6.11. The molecule has 0 saturated carbocycles. The quantitative estimate of drug-likeness (QED) is 0.454. The zero-order valence-corrected chi connectivity index (χ0v) is 15.9. The van der Waals surface area contributed by atoms with E-state index in [2.05, 4.69) is 98.9 Å². The van der Waals surface area contributed by atoms with E-state index in [0.717, 1.165) is 4.47 Å². The van der Waals surface area contributed by atoms with Crippen molar-refractivity contribution < 1.29 is 0 Å². The number of hydrogen-bond acceptors (Lipinski definition) is 0. The molecule has 3 heteroatoms. The van der Waals surface area contributed by atoms with E-state index in [4.69, 9.17) is 0 Å². The monoisotopic (exact) mass is 444 g/mol. The van der Waals surface area contributed by atoms with Crippen LogP contribution in [0.15, 0.2) is 39.3 Å². The first kappa shape index (κ1) is 15.3. The predicted molar refractivity (Wildman–Crippen MR) is 93.3 cm³/mol. The summed E-state index contributed by atoms with van der Waals surface area (Å²) in [5.41, 5.74) is 6.53. The zero-order chi connectivity index (χ0) is 14.2. The van der Waals surface area contributed by atoms with Crippen LogP contribution in [-0.4, -0.2) is 0 Å². The van der Waals surface area contributed by atoms with Crippen LogP contribution >= 0.6 is 47.8 Å². The van der Waals surface area contributed by atoms with Gasteiger partial charge in [0.25, 0.3) is 0 Å². The Kier molecular flexibility index (Phi) is 4.91.